The summed E-state index contributed by atoms with van der Waals surface area (Å²) in [4.78, 5) is 33.1. The average molecular weight is 580 g/mol. The lowest BCUT2D eigenvalue weighted by atomic mass is 10.1. The van der Waals surface area contributed by atoms with Crippen molar-refractivity contribution in [2.75, 3.05) is 55.2 Å². The lowest BCUT2D eigenvalue weighted by Crippen LogP contribution is -2.51. The van der Waals surface area contributed by atoms with Crippen LogP contribution in [0.4, 0.5) is 16.2 Å². The van der Waals surface area contributed by atoms with Crippen LogP contribution in [0.1, 0.15) is 36.8 Å². The number of benzene rings is 1. The summed E-state index contributed by atoms with van der Waals surface area (Å²) in [5.41, 5.74) is 0.750. The van der Waals surface area contributed by atoms with Crippen LogP contribution in [0.15, 0.2) is 41.4 Å². The standard InChI is InChI=1S/C25H33N5O7S2/c1-25(2,3)37-24(32)28-14-16-29(17-15-28)39(35,36)22-11-10-21-19(26-22)12-13-30(21)23(31)18-8-6-7-9-20(18)27(4)38(5,33)34/h6-11H,12-17H2,1-5H3. The van der Waals surface area contributed by atoms with Crippen LogP contribution in [-0.2, 0) is 31.2 Å². The minimum absolute atomic E-state index is 0.107. The maximum absolute atomic E-state index is 13.5. The van der Waals surface area contributed by atoms with E-state index in [0.29, 0.717) is 17.8 Å². The lowest BCUT2D eigenvalue weighted by Gasteiger charge is -2.34. The summed E-state index contributed by atoms with van der Waals surface area (Å²) in [5.74, 6) is -0.407. The first-order valence-corrected chi connectivity index (χ1v) is 15.7. The molecule has 0 saturated carbocycles. The maximum atomic E-state index is 13.5. The van der Waals surface area contributed by atoms with Gasteiger partial charge < -0.3 is 14.5 Å². The van der Waals surface area contributed by atoms with Crippen LogP contribution < -0.4 is 9.21 Å². The molecule has 0 bridgehead atoms. The number of nitrogens with zero attached hydrogens (tertiary/aromatic N) is 5. The van der Waals surface area contributed by atoms with E-state index in [0.717, 1.165) is 10.6 Å². The molecule has 2 aromatic rings. The van der Waals surface area contributed by atoms with Crippen molar-refractivity contribution in [2.24, 2.45) is 0 Å². The van der Waals surface area contributed by atoms with Crippen molar-refractivity contribution >= 4 is 43.4 Å². The van der Waals surface area contributed by atoms with E-state index in [1.807, 2.05) is 0 Å². The fraction of sp³-hybridized carbons (Fsp3) is 0.480. The maximum Gasteiger partial charge on any atom is 0.410 e. The molecule has 0 aliphatic carbocycles. The third-order valence-electron chi connectivity index (χ3n) is 6.50. The van der Waals surface area contributed by atoms with Gasteiger partial charge >= 0.3 is 6.09 Å². The molecule has 0 spiro atoms. The van der Waals surface area contributed by atoms with Gasteiger partial charge in [0, 0.05) is 46.2 Å². The molecule has 2 amide bonds. The Morgan fingerprint density at radius 3 is 2.21 bits per heavy atom. The number of hydrogen-bond acceptors (Lipinski definition) is 8. The molecule has 1 aromatic heterocycles. The molecule has 14 heteroatoms. The van der Waals surface area contributed by atoms with E-state index in [2.05, 4.69) is 4.98 Å². The van der Waals surface area contributed by atoms with E-state index < -0.39 is 37.6 Å². The van der Waals surface area contributed by atoms with Gasteiger partial charge in [0.25, 0.3) is 15.9 Å². The second-order valence-corrected chi connectivity index (χ2v) is 14.3. The summed E-state index contributed by atoms with van der Waals surface area (Å²) in [7, 11) is -6.14. The molecule has 12 nitrogen and oxygen atoms in total. The minimum atomic E-state index is -3.93. The predicted octanol–water partition coefficient (Wildman–Crippen LogP) is 1.92. The van der Waals surface area contributed by atoms with Crippen LogP contribution in [0.5, 0.6) is 0 Å². The highest BCUT2D eigenvalue weighted by atomic mass is 32.2. The van der Waals surface area contributed by atoms with Gasteiger partial charge in [-0.1, -0.05) is 12.1 Å². The van der Waals surface area contributed by atoms with Crippen LogP contribution in [0, 0.1) is 0 Å². The second-order valence-electron chi connectivity index (χ2n) is 10.4. The Hall–Kier alpha value is -3.23. The largest absolute Gasteiger partial charge is 0.444 e. The average Bonchev–Trinajstić information content (AvgIpc) is 3.30. The van der Waals surface area contributed by atoms with Gasteiger partial charge in [-0.3, -0.25) is 9.10 Å². The van der Waals surface area contributed by atoms with Crippen LogP contribution >= 0.6 is 0 Å². The number of pyridine rings is 1. The third-order valence-corrected chi connectivity index (χ3v) is 9.49. The quantitative estimate of drug-likeness (QED) is 0.524. The highest BCUT2D eigenvalue weighted by Crippen LogP contribution is 2.32. The smallest absolute Gasteiger partial charge is 0.410 e. The molecule has 39 heavy (non-hydrogen) atoms. The zero-order valence-electron chi connectivity index (χ0n) is 22.6. The van der Waals surface area contributed by atoms with Crippen molar-refractivity contribution in [1.82, 2.24) is 14.2 Å². The number of ether oxygens (including phenoxy) is 1. The van der Waals surface area contributed by atoms with Gasteiger partial charge in [0.2, 0.25) is 10.0 Å². The minimum Gasteiger partial charge on any atom is -0.444 e. The summed E-state index contributed by atoms with van der Waals surface area (Å²) in [6.45, 7) is 6.19. The molecule has 1 fully saturated rings. The summed E-state index contributed by atoms with van der Waals surface area (Å²) in [6.07, 6.45) is 0.924. The van der Waals surface area contributed by atoms with Gasteiger partial charge in [-0.15, -0.1) is 0 Å². The van der Waals surface area contributed by atoms with Crippen molar-refractivity contribution in [2.45, 2.75) is 37.8 Å². The number of fused-ring (bicyclic) bond motifs is 1. The van der Waals surface area contributed by atoms with Gasteiger partial charge in [-0.05, 0) is 45.0 Å². The molecule has 0 atom stereocenters. The third kappa shape index (κ3) is 6.02. The fourth-order valence-electron chi connectivity index (χ4n) is 4.42. The van der Waals surface area contributed by atoms with E-state index in [4.69, 9.17) is 4.74 Å². The Kier molecular flexibility index (Phi) is 7.67. The Balaban J connectivity index is 1.51. The molecule has 0 radical (unpaired) electrons. The summed E-state index contributed by atoms with van der Waals surface area (Å²) in [6, 6.07) is 9.34. The first-order chi connectivity index (χ1) is 18.1. The number of aromatic nitrogens is 1. The Morgan fingerprint density at radius 1 is 0.949 bits per heavy atom. The highest BCUT2D eigenvalue weighted by Gasteiger charge is 2.35. The fourth-order valence-corrected chi connectivity index (χ4v) is 6.31. The van der Waals surface area contributed by atoms with Crippen molar-refractivity contribution in [1.29, 1.82) is 0 Å². The first-order valence-electron chi connectivity index (χ1n) is 12.4. The van der Waals surface area contributed by atoms with Crippen LogP contribution in [-0.4, -0.2) is 94.7 Å². The van der Waals surface area contributed by atoms with Crippen molar-refractivity contribution < 1.29 is 31.2 Å². The monoisotopic (exact) mass is 579 g/mol. The number of amides is 2. The molecule has 2 aliphatic heterocycles. The van der Waals surface area contributed by atoms with Crippen molar-refractivity contribution in [3.63, 3.8) is 0 Å². The predicted molar refractivity (Wildman–Crippen MR) is 146 cm³/mol. The molecule has 3 heterocycles. The van der Waals surface area contributed by atoms with Crippen molar-refractivity contribution in [3.05, 3.63) is 47.7 Å². The SMILES string of the molecule is CN(c1ccccc1C(=O)N1CCc2nc(S(=O)(=O)N3CCN(C(=O)OC(C)(C)C)CC3)ccc21)S(C)(=O)=O. The van der Waals surface area contributed by atoms with Crippen molar-refractivity contribution in [3.8, 4) is 0 Å². The normalized spacial score (nSPS) is 16.6. The van der Waals surface area contributed by atoms with Crippen LogP contribution in [0.3, 0.4) is 0 Å². The van der Waals surface area contributed by atoms with Gasteiger partial charge in [0.05, 0.1) is 28.9 Å². The number of hydrogen-bond donors (Lipinski definition) is 0. The van der Waals surface area contributed by atoms with Crippen LogP contribution in [0.25, 0.3) is 0 Å². The van der Waals surface area contributed by atoms with E-state index in [1.54, 1.807) is 51.1 Å². The molecular formula is C25H33N5O7S2. The van der Waals surface area contributed by atoms with E-state index in [1.165, 1.54) is 27.2 Å². The van der Waals surface area contributed by atoms with Gasteiger partial charge in [0.1, 0.15) is 5.60 Å². The van der Waals surface area contributed by atoms with Gasteiger partial charge in [-0.25, -0.2) is 26.6 Å². The molecule has 0 unspecified atom stereocenters. The highest BCUT2D eigenvalue weighted by molar-refractivity contribution is 7.92. The van der Waals surface area contributed by atoms with Gasteiger partial charge in [0.15, 0.2) is 5.03 Å². The van der Waals surface area contributed by atoms with E-state index in [9.17, 15) is 26.4 Å². The number of carbonyl (C=O) groups is 2. The molecular weight excluding hydrogens is 546 g/mol. The number of sulfonamides is 2. The van der Waals surface area contributed by atoms with E-state index >= 15 is 0 Å². The topological polar surface area (TPSA) is 138 Å². The Bertz CT molecular complexity index is 1490. The molecule has 212 valence electrons. The van der Waals surface area contributed by atoms with Crippen LogP contribution in [0.2, 0.25) is 0 Å². The first kappa shape index (κ1) is 28.8. The van der Waals surface area contributed by atoms with E-state index in [-0.39, 0.29) is 49.0 Å². The summed E-state index contributed by atoms with van der Waals surface area (Å²) < 4.78 is 58.6. The molecule has 1 saturated heterocycles. The number of rotatable bonds is 5. The Morgan fingerprint density at radius 2 is 1.59 bits per heavy atom. The molecule has 4 rings (SSSR count). The number of anilines is 2. The molecule has 1 aromatic carbocycles. The zero-order valence-corrected chi connectivity index (χ0v) is 24.3. The lowest BCUT2D eigenvalue weighted by molar-refractivity contribution is 0.0192. The second kappa shape index (κ2) is 10.4. The molecule has 2 aliphatic rings. The zero-order chi connectivity index (χ0) is 28.8. The van der Waals surface area contributed by atoms with Gasteiger partial charge in [-0.2, -0.15) is 4.31 Å². The molecule has 0 N–H and O–H groups in total. The summed E-state index contributed by atoms with van der Waals surface area (Å²) >= 11 is 0. The number of para-hydroxylation sites is 1. The number of piperazine rings is 1. The summed E-state index contributed by atoms with van der Waals surface area (Å²) in [5, 5.41) is -0.126. The number of carbonyl (C=O) groups excluding carboxylic acids is 2. The Labute approximate surface area is 229 Å².